The molecule has 0 spiro atoms. The van der Waals surface area contributed by atoms with E-state index in [-0.39, 0.29) is 0 Å². The number of rotatable bonds is 9. The van der Waals surface area contributed by atoms with Gasteiger partial charge in [-0.3, -0.25) is 0 Å². The normalized spacial score (nSPS) is 15.1. The lowest BCUT2D eigenvalue weighted by atomic mass is 9.86. The van der Waals surface area contributed by atoms with Gasteiger partial charge in [0, 0.05) is 18.3 Å². The van der Waals surface area contributed by atoms with Gasteiger partial charge >= 0.3 is 0 Å². The Labute approximate surface area is 200 Å². The molecule has 3 rings (SSSR count). The Kier molecular flexibility index (Phi) is 8.54. The highest BCUT2D eigenvalue weighted by Crippen LogP contribution is 2.36. The molecule has 172 valence electrons. The molecule has 1 aliphatic rings. The van der Waals surface area contributed by atoms with E-state index in [1.165, 1.54) is 46.4 Å². The molecular weight excluding hydrogens is 400 g/mol. The number of nitrogens with one attached hydrogen (secondary N) is 1. The molecule has 0 radical (unpaired) electrons. The fourth-order valence-electron chi connectivity index (χ4n) is 4.32. The number of hydrogen-bond acceptors (Lipinski definition) is 2. The van der Waals surface area contributed by atoms with Crippen molar-refractivity contribution in [1.82, 2.24) is 10.2 Å². The minimum absolute atomic E-state index is 0.901. The van der Waals surface area contributed by atoms with Crippen molar-refractivity contribution in [3.8, 4) is 0 Å². The van der Waals surface area contributed by atoms with Crippen molar-refractivity contribution in [3.63, 3.8) is 0 Å². The summed E-state index contributed by atoms with van der Waals surface area (Å²) in [6.45, 7) is 15.2. The molecule has 0 atom stereocenters. The minimum Gasteiger partial charge on any atom is -0.344 e. The summed E-state index contributed by atoms with van der Waals surface area (Å²) in [5.74, 6) is 1.04. The van der Waals surface area contributed by atoms with Gasteiger partial charge in [-0.25, -0.2) is 0 Å². The molecule has 0 heterocycles. The lowest BCUT2D eigenvalue weighted by Gasteiger charge is -2.29. The third-order valence-electron chi connectivity index (χ3n) is 6.46. The van der Waals surface area contributed by atoms with Crippen molar-refractivity contribution < 1.29 is 0 Å². The molecule has 33 heavy (non-hydrogen) atoms. The number of hydrogen-bond donors (Lipinski definition) is 1. The van der Waals surface area contributed by atoms with Crippen molar-refractivity contribution in [2.45, 2.75) is 52.9 Å². The van der Waals surface area contributed by atoms with Gasteiger partial charge in [0.15, 0.2) is 0 Å². The highest BCUT2D eigenvalue weighted by Gasteiger charge is 2.21. The van der Waals surface area contributed by atoms with Crippen LogP contribution in [0.1, 0.15) is 62.6 Å². The highest BCUT2D eigenvalue weighted by atomic mass is 15.2. The van der Waals surface area contributed by atoms with Crippen LogP contribution in [0.2, 0.25) is 0 Å². The zero-order chi connectivity index (χ0) is 23.8. The maximum Gasteiger partial charge on any atom is 0.118 e. The summed E-state index contributed by atoms with van der Waals surface area (Å²) < 4.78 is 0. The molecule has 0 unspecified atom stereocenters. The zero-order valence-electron chi connectivity index (χ0n) is 20.7. The maximum absolute atomic E-state index is 4.57. The predicted octanol–water partition coefficient (Wildman–Crippen LogP) is 8.23. The molecule has 0 saturated heterocycles. The fraction of sp³-hybridized carbons (Fsp3) is 0.290. The summed E-state index contributed by atoms with van der Waals surface area (Å²) in [5, 5.41) is 3.83. The second-order valence-corrected chi connectivity index (χ2v) is 8.78. The third kappa shape index (κ3) is 5.96. The van der Waals surface area contributed by atoms with E-state index >= 15 is 0 Å². The molecule has 0 bridgehead atoms. The van der Waals surface area contributed by atoms with E-state index in [0.717, 1.165) is 36.2 Å². The van der Waals surface area contributed by atoms with Gasteiger partial charge in [0.1, 0.15) is 5.82 Å². The van der Waals surface area contributed by atoms with Crippen LogP contribution in [0.25, 0.3) is 11.1 Å². The average Bonchev–Trinajstić information content (AvgIpc) is 2.87. The molecule has 0 fully saturated rings. The van der Waals surface area contributed by atoms with E-state index in [9.17, 15) is 0 Å². The first-order chi connectivity index (χ1) is 16.0. The Bertz CT molecular complexity index is 1070. The van der Waals surface area contributed by atoms with E-state index < -0.39 is 0 Å². The van der Waals surface area contributed by atoms with Crippen LogP contribution in [0.5, 0.6) is 0 Å². The Morgan fingerprint density at radius 2 is 1.73 bits per heavy atom. The minimum atomic E-state index is 0.901. The largest absolute Gasteiger partial charge is 0.344 e. The van der Waals surface area contributed by atoms with Crippen LogP contribution in [0.3, 0.4) is 0 Å². The van der Waals surface area contributed by atoms with Crippen molar-refractivity contribution in [1.29, 1.82) is 0 Å². The summed E-state index contributed by atoms with van der Waals surface area (Å²) >= 11 is 0. The monoisotopic (exact) mass is 438 g/mol. The van der Waals surface area contributed by atoms with Crippen molar-refractivity contribution in [2.24, 2.45) is 0 Å². The molecule has 0 amide bonds. The third-order valence-corrected chi connectivity index (χ3v) is 6.46. The number of nitrogens with zero attached hydrogens (tertiary/aromatic N) is 1. The van der Waals surface area contributed by atoms with E-state index in [2.05, 4.69) is 112 Å². The van der Waals surface area contributed by atoms with Crippen LogP contribution in [-0.2, 0) is 0 Å². The van der Waals surface area contributed by atoms with Crippen molar-refractivity contribution in [2.75, 3.05) is 7.05 Å². The van der Waals surface area contributed by atoms with Gasteiger partial charge in [-0.1, -0.05) is 86.3 Å². The van der Waals surface area contributed by atoms with Gasteiger partial charge in [-0.05, 0) is 80.0 Å². The number of benzene rings is 2. The van der Waals surface area contributed by atoms with E-state index in [0.29, 0.717) is 0 Å². The lowest BCUT2D eigenvalue weighted by Crippen LogP contribution is -2.28. The van der Waals surface area contributed by atoms with Gasteiger partial charge in [0.25, 0.3) is 0 Å². The van der Waals surface area contributed by atoms with E-state index in [1.54, 1.807) is 0 Å². The molecule has 0 aromatic heterocycles. The number of allylic oxidation sites excluding steroid dienone is 6. The van der Waals surface area contributed by atoms with Crippen LogP contribution in [0, 0.1) is 6.92 Å². The highest BCUT2D eigenvalue weighted by molar-refractivity contribution is 5.83. The molecule has 0 saturated carbocycles. The Balaban J connectivity index is 2.17. The molecule has 0 aliphatic heterocycles. The smallest absolute Gasteiger partial charge is 0.118 e. The standard InChI is InChI=1S/C31H38N2/c1-7-29(24(4)27-21-19-23(3)20-22-27)32-31(33(6)8-2)30(28-17-13-10-14-18-28)25(5)26-15-11-9-12-16-26/h8-9,11-12,15-17,19-22,32H,2,5,7,10,13-14,18H2,1,3-4,6H3/b29-24+,31-30+. The van der Waals surface area contributed by atoms with Crippen LogP contribution in [0.4, 0.5) is 0 Å². The van der Waals surface area contributed by atoms with E-state index in [4.69, 9.17) is 0 Å². The average molecular weight is 439 g/mol. The van der Waals surface area contributed by atoms with E-state index in [1.807, 2.05) is 6.20 Å². The molecule has 2 heteroatoms. The van der Waals surface area contributed by atoms with Crippen LogP contribution >= 0.6 is 0 Å². The van der Waals surface area contributed by atoms with Gasteiger partial charge in [-0.15, -0.1) is 0 Å². The molecular formula is C31H38N2. The molecule has 2 aromatic carbocycles. The maximum atomic E-state index is 4.57. The van der Waals surface area contributed by atoms with Gasteiger partial charge in [0.2, 0.25) is 0 Å². The molecule has 1 aliphatic carbocycles. The second kappa shape index (κ2) is 11.6. The van der Waals surface area contributed by atoms with Crippen LogP contribution in [-0.4, -0.2) is 11.9 Å². The quantitative estimate of drug-likeness (QED) is 0.397. The summed E-state index contributed by atoms with van der Waals surface area (Å²) in [6.07, 6.45) is 9.82. The van der Waals surface area contributed by atoms with Crippen LogP contribution in [0.15, 0.2) is 103 Å². The summed E-state index contributed by atoms with van der Waals surface area (Å²) in [6, 6.07) is 19.3. The molecule has 2 nitrogen and oxygen atoms in total. The second-order valence-electron chi connectivity index (χ2n) is 8.78. The summed E-state index contributed by atoms with van der Waals surface area (Å²) in [4.78, 5) is 2.09. The molecule has 1 N–H and O–H groups in total. The predicted molar refractivity (Wildman–Crippen MR) is 144 cm³/mol. The first-order valence-electron chi connectivity index (χ1n) is 12.0. The first kappa shape index (κ1) is 24.4. The van der Waals surface area contributed by atoms with Crippen LogP contribution < -0.4 is 5.32 Å². The Morgan fingerprint density at radius 3 is 2.30 bits per heavy atom. The summed E-state index contributed by atoms with van der Waals surface area (Å²) in [7, 11) is 2.06. The summed E-state index contributed by atoms with van der Waals surface area (Å²) in [5.41, 5.74) is 9.73. The zero-order valence-corrected chi connectivity index (χ0v) is 20.7. The van der Waals surface area contributed by atoms with Crippen molar-refractivity contribution in [3.05, 3.63) is 119 Å². The number of aryl methyl sites for hydroxylation is 1. The molecule has 2 aromatic rings. The Hall–Kier alpha value is -3.26. The fourth-order valence-corrected chi connectivity index (χ4v) is 4.32. The first-order valence-corrected chi connectivity index (χ1v) is 12.0. The van der Waals surface area contributed by atoms with Gasteiger partial charge < -0.3 is 10.2 Å². The Morgan fingerprint density at radius 1 is 1.03 bits per heavy atom. The topological polar surface area (TPSA) is 15.3 Å². The van der Waals surface area contributed by atoms with Gasteiger partial charge in [-0.2, -0.15) is 0 Å². The SMILES string of the molecule is C=CN(C)/C(N/C(CC)=C(\C)c1ccc(C)cc1)=C(\C(=C)c1ccccc1)C1=CCCCC1. The van der Waals surface area contributed by atoms with Crippen molar-refractivity contribution >= 4 is 11.1 Å². The van der Waals surface area contributed by atoms with Gasteiger partial charge in [0.05, 0.1) is 0 Å². The lowest BCUT2D eigenvalue weighted by molar-refractivity contribution is 0.518.